The van der Waals surface area contributed by atoms with Crippen molar-refractivity contribution < 1.29 is 17.6 Å². The molecule has 0 radical (unpaired) electrons. The van der Waals surface area contributed by atoms with Crippen LogP contribution in [-0.4, -0.2) is 56.6 Å². The molecule has 0 fully saturated rings. The van der Waals surface area contributed by atoms with E-state index in [1.54, 1.807) is 29.2 Å². The van der Waals surface area contributed by atoms with Crippen LogP contribution in [-0.2, 0) is 21.1 Å². The van der Waals surface area contributed by atoms with E-state index in [4.69, 9.17) is 0 Å². The number of thiazole rings is 1. The molecule has 32 heavy (non-hydrogen) atoms. The minimum absolute atomic E-state index is 0. The Bertz CT molecular complexity index is 1160. The summed E-state index contributed by atoms with van der Waals surface area (Å²) < 4.78 is 38.3. The van der Waals surface area contributed by atoms with Gasteiger partial charge in [0.25, 0.3) is 0 Å². The zero-order valence-corrected chi connectivity index (χ0v) is 20.7. The van der Waals surface area contributed by atoms with Crippen LogP contribution in [0.15, 0.2) is 47.4 Å². The molecular formula is C22H27ClFN3O3S2. The number of sulfone groups is 1. The summed E-state index contributed by atoms with van der Waals surface area (Å²) in [4.78, 5) is 21.7. The first-order valence-electron chi connectivity index (χ1n) is 10.1. The fourth-order valence-electron chi connectivity index (χ4n) is 3.31. The lowest BCUT2D eigenvalue weighted by Gasteiger charge is -2.24. The third-order valence-corrected chi connectivity index (χ3v) is 7.28. The van der Waals surface area contributed by atoms with Gasteiger partial charge in [0.15, 0.2) is 15.0 Å². The van der Waals surface area contributed by atoms with E-state index >= 15 is 0 Å². The molecule has 0 bridgehead atoms. The number of halogens is 2. The van der Waals surface area contributed by atoms with E-state index in [0.29, 0.717) is 34.0 Å². The average molecular weight is 500 g/mol. The van der Waals surface area contributed by atoms with Crippen LogP contribution in [0.5, 0.6) is 0 Å². The molecule has 0 aliphatic rings. The lowest BCUT2D eigenvalue weighted by Crippen LogP contribution is -2.39. The predicted octanol–water partition coefficient (Wildman–Crippen LogP) is 4.18. The molecule has 6 nitrogen and oxygen atoms in total. The maximum Gasteiger partial charge on any atom is 0.233 e. The van der Waals surface area contributed by atoms with E-state index < -0.39 is 9.84 Å². The standard InChI is InChI=1S/C22H26FN3O3S2.ClH/c1-4-25(5-2)13-14-26(20(27)15-16-9-11-17(23)12-10-16)22-24-21-18(30-22)7-6-8-19(21)31(3,28)29;/h6-12H,4-5,13-15H2,1-3H3;1H. The summed E-state index contributed by atoms with van der Waals surface area (Å²) in [5.41, 5.74) is 1.09. The molecule has 0 aliphatic carbocycles. The van der Waals surface area contributed by atoms with Gasteiger partial charge in [-0.15, -0.1) is 12.4 Å². The van der Waals surface area contributed by atoms with Gasteiger partial charge in [-0.25, -0.2) is 17.8 Å². The summed E-state index contributed by atoms with van der Waals surface area (Å²) in [5, 5.41) is 0.463. The Labute approximate surface area is 198 Å². The third-order valence-electron chi connectivity index (χ3n) is 5.10. The van der Waals surface area contributed by atoms with E-state index in [1.165, 1.54) is 29.5 Å². The van der Waals surface area contributed by atoms with Crippen LogP contribution in [0.3, 0.4) is 0 Å². The number of fused-ring (bicyclic) bond motifs is 1. The molecule has 1 aromatic heterocycles. The average Bonchev–Trinajstić information content (AvgIpc) is 3.15. The summed E-state index contributed by atoms with van der Waals surface area (Å²) >= 11 is 1.29. The fraction of sp³-hybridized carbons (Fsp3) is 0.364. The lowest BCUT2D eigenvalue weighted by molar-refractivity contribution is -0.118. The first-order valence-corrected chi connectivity index (χ1v) is 12.8. The number of likely N-dealkylation sites (N-methyl/N-ethyl adjacent to an activating group) is 1. The molecule has 3 rings (SSSR count). The van der Waals surface area contributed by atoms with Crippen molar-refractivity contribution in [3.05, 3.63) is 53.8 Å². The van der Waals surface area contributed by atoms with Gasteiger partial charge < -0.3 is 4.90 Å². The SMILES string of the molecule is CCN(CC)CCN(C(=O)Cc1ccc(F)cc1)c1nc2c(S(C)(=O)=O)cccc2s1.Cl. The van der Waals surface area contributed by atoms with Gasteiger partial charge in [0.05, 0.1) is 16.0 Å². The van der Waals surface area contributed by atoms with Crippen molar-refractivity contribution in [2.24, 2.45) is 0 Å². The smallest absolute Gasteiger partial charge is 0.233 e. The van der Waals surface area contributed by atoms with E-state index in [-0.39, 0.29) is 35.4 Å². The van der Waals surface area contributed by atoms with Crippen molar-refractivity contribution in [2.45, 2.75) is 25.2 Å². The largest absolute Gasteiger partial charge is 0.302 e. The molecule has 0 N–H and O–H groups in total. The number of rotatable bonds is 9. The summed E-state index contributed by atoms with van der Waals surface area (Å²) in [6, 6.07) is 10.9. The number of hydrogen-bond donors (Lipinski definition) is 0. The molecule has 0 saturated carbocycles. The Hall–Kier alpha value is -2.07. The van der Waals surface area contributed by atoms with Crippen LogP contribution < -0.4 is 4.90 Å². The molecule has 1 amide bonds. The van der Waals surface area contributed by atoms with Crippen LogP contribution in [0.1, 0.15) is 19.4 Å². The van der Waals surface area contributed by atoms with E-state index in [9.17, 15) is 17.6 Å². The molecule has 0 unspecified atom stereocenters. The minimum Gasteiger partial charge on any atom is -0.302 e. The van der Waals surface area contributed by atoms with Crippen molar-refractivity contribution in [3.63, 3.8) is 0 Å². The Morgan fingerprint density at radius 2 is 1.72 bits per heavy atom. The summed E-state index contributed by atoms with van der Waals surface area (Å²) in [5.74, 6) is -0.521. The van der Waals surface area contributed by atoms with E-state index in [1.807, 2.05) is 0 Å². The van der Waals surface area contributed by atoms with Gasteiger partial charge in [0.2, 0.25) is 5.91 Å². The molecule has 0 aliphatic heterocycles. The van der Waals surface area contributed by atoms with Crippen LogP contribution in [0, 0.1) is 5.82 Å². The Morgan fingerprint density at radius 3 is 2.31 bits per heavy atom. The van der Waals surface area contributed by atoms with Crippen LogP contribution >= 0.6 is 23.7 Å². The number of carbonyl (C=O) groups excluding carboxylic acids is 1. The highest BCUT2D eigenvalue weighted by molar-refractivity contribution is 7.91. The molecule has 3 aromatic rings. The maximum atomic E-state index is 13.2. The van der Waals surface area contributed by atoms with Gasteiger partial charge in [-0.1, -0.05) is 43.4 Å². The molecule has 1 heterocycles. The van der Waals surface area contributed by atoms with E-state index in [0.717, 1.165) is 19.3 Å². The summed E-state index contributed by atoms with van der Waals surface area (Å²) in [6.07, 6.45) is 1.26. The van der Waals surface area contributed by atoms with Gasteiger partial charge in [0, 0.05) is 19.3 Å². The number of benzene rings is 2. The molecule has 2 aromatic carbocycles. The molecule has 0 saturated heterocycles. The zero-order valence-electron chi connectivity index (χ0n) is 18.2. The second-order valence-corrected chi connectivity index (χ2v) is 10.2. The van der Waals surface area contributed by atoms with E-state index in [2.05, 4.69) is 23.7 Å². The predicted molar refractivity (Wildman–Crippen MR) is 130 cm³/mol. The highest BCUT2D eigenvalue weighted by Crippen LogP contribution is 2.33. The highest BCUT2D eigenvalue weighted by atomic mass is 35.5. The fourth-order valence-corrected chi connectivity index (χ4v) is 5.24. The topological polar surface area (TPSA) is 70.6 Å². The third kappa shape index (κ3) is 6.25. The van der Waals surface area contributed by atoms with Crippen molar-refractivity contribution in [1.29, 1.82) is 0 Å². The van der Waals surface area contributed by atoms with Gasteiger partial charge in [0.1, 0.15) is 11.3 Å². The summed E-state index contributed by atoms with van der Waals surface area (Å²) in [7, 11) is -3.45. The van der Waals surface area contributed by atoms with Crippen molar-refractivity contribution >= 4 is 54.8 Å². The van der Waals surface area contributed by atoms with Gasteiger partial charge >= 0.3 is 0 Å². The minimum atomic E-state index is -3.45. The molecule has 0 spiro atoms. The maximum absolute atomic E-state index is 13.2. The highest BCUT2D eigenvalue weighted by Gasteiger charge is 2.23. The van der Waals surface area contributed by atoms with Crippen LogP contribution in [0.2, 0.25) is 0 Å². The Balaban J connectivity index is 0.00000363. The lowest BCUT2D eigenvalue weighted by atomic mass is 10.1. The molecular weight excluding hydrogens is 473 g/mol. The number of nitrogens with zero attached hydrogens (tertiary/aromatic N) is 3. The number of hydrogen-bond acceptors (Lipinski definition) is 6. The molecule has 0 atom stereocenters. The zero-order chi connectivity index (χ0) is 22.6. The van der Waals surface area contributed by atoms with Crippen LogP contribution in [0.4, 0.5) is 9.52 Å². The molecule has 10 heteroatoms. The molecule has 174 valence electrons. The number of carbonyl (C=O) groups is 1. The van der Waals surface area contributed by atoms with Gasteiger partial charge in [-0.2, -0.15) is 0 Å². The Morgan fingerprint density at radius 1 is 1.06 bits per heavy atom. The number of anilines is 1. The first-order chi connectivity index (χ1) is 14.7. The summed E-state index contributed by atoms with van der Waals surface area (Å²) in [6.45, 7) is 6.92. The quantitative estimate of drug-likeness (QED) is 0.441. The van der Waals surface area contributed by atoms with Crippen molar-refractivity contribution in [1.82, 2.24) is 9.88 Å². The van der Waals surface area contributed by atoms with Crippen LogP contribution in [0.25, 0.3) is 10.2 Å². The number of amides is 1. The van der Waals surface area contributed by atoms with Crippen molar-refractivity contribution in [3.8, 4) is 0 Å². The van der Waals surface area contributed by atoms with Gasteiger partial charge in [-0.3, -0.25) is 9.69 Å². The Kier molecular flexibility index (Phi) is 9.15. The second-order valence-electron chi connectivity index (χ2n) is 7.25. The second kappa shape index (κ2) is 11.2. The monoisotopic (exact) mass is 499 g/mol. The first kappa shape index (κ1) is 26.2. The number of para-hydroxylation sites is 1. The van der Waals surface area contributed by atoms with Crippen molar-refractivity contribution in [2.75, 3.05) is 37.3 Å². The van der Waals surface area contributed by atoms with Gasteiger partial charge in [-0.05, 0) is 42.9 Å². The normalized spacial score (nSPS) is 11.5. The number of aromatic nitrogens is 1.